The Morgan fingerprint density at radius 1 is 1.25 bits per heavy atom. The zero-order valence-electron chi connectivity index (χ0n) is 16.5. The maximum absolute atomic E-state index is 10.4. The smallest absolute Gasteiger partial charge is 0.192 e. The average molecular weight is 499 g/mol. The molecule has 3 N–H and O–H groups in total. The zero-order chi connectivity index (χ0) is 19.1. The molecule has 0 radical (unpaired) electrons. The molecule has 0 aromatic carbocycles. The van der Waals surface area contributed by atoms with E-state index in [0.717, 1.165) is 30.1 Å². The van der Waals surface area contributed by atoms with Gasteiger partial charge in [-0.1, -0.05) is 19.3 Å². The highest BCUT2D eigenvalue weighted by atomic mass is 127. The van der Waals surface area contributed by atoms with Crippen molar-refractivity contribution in [3.05, 3.63) is 41.7 Å². The van der Waals surface area contributed by atoms with Gasteiger partial charge in [0.05, 0.1) is 6.10 Å². The van der Waals surface area contributed by atoms with Gasteiger partial charge in [-0.3, -0.25) is 4.98 Å². The van der Waals surface area contributed by atoms with Crippen molar-refractivity contribution in [2.45, 2.75) is 57.7 Å². The third kappa shape index (κ3) is 6.40. The maximum Gasteiger partial charge on any atom is 0.192 e. The van der Waals surface area contributed by atoms with Gasteiger partial charge in [0.1, 0.15) is 12.4 Å². The Bertz CT molecular complexity index is 744. The van der Waals surface area contributed by atoms with E-state index >= 15 is 0 Å². The molecule has 1 aliphatic rings. The number of nitrogens with zero attached hydrogens (tertiary/aromatic N) is 5. The van der Waals surface area contributed by atoms with Crippen molar-refractivity contribution in [3.8, 4) is 0 Å². The van der Waals surface area contributed by atoms with E-state index in [-0.39, 0.29) is 24.0 Å². The van der Waals surface area contributed by atoms with E-state index in [1.54, 1.807) is 12.4 Å². The molecule has 1 fully saturated rings. The van der Waals surface area contributed by atoms with Crippen molar-refractivity contribution in [1.29, 1.82) is 0 Å². The van der Waals surface area contributed by atoms with Crippen LogP contribution in [0.4, 0.5) is 0 Å². The number of rotatable bonds is 6. The van der Waals surface area contributed by atoms with Crippen LogP contribution < -0.4 is 10.6 Å². The van der Waals surface area contributed by atoms with E-state index in [9.17, 15) is 5.11 Å². The summed E-state index contributed by atoms with van der Waals surface area (Å²) in [5.74, 6) is 2.38. The third-order valence-electron chi connectivity index (χ3n) is 5.06. The van der Waals surface area contributed by atoms with Crippen molar-refractivity contribution in [1.82, 2.24) is 30.4 Å². The van der Waals surface area contributed by atoms with Crippen molar-refractivity contribution >= 4 is 29.9 Å². The summed E-state index contributed by atoms with van der Waals surface area (Å²) in [6.07, 6.45) is 8.84. The maximum atomic E-state index is 10.4. The lowest BCUT2D eigenvalue weighted by Crippen LogP contribution is -2.45. The fourth-order valence-electron chi connectivity index (χ4n) is 3.23. The van der Waals surface area contributed by atoms with Gasteiger partial charge in [0.2, 0.25) is 0 Å². The van der Waals surface area contributed by atoms with Crippen LogP contribution >= 0.6 is 24.0 Å². The fourth-order valence-corrected chi connectivity index (χ4v) is 3.23. The summed E-state index contributed by atoms with van der Waals surface area (Å²) in [6, 6.07) is 4.06. The highest BCUT2D eigenvalue weighted by Gasteiger charge is 2.16. The van der Waals surface area contributed by atoms with Gasteiger partial charge in [-0.25, -0.2) is 4.99 Å². The van der Waals surface area contributed by atoms with Crippen LogP contribution in [-0.4, -0.2) is 43.4 Å². The predicted octanol–water partition coefficient (Wildman–Crippen LogP) is 2.24. The Morgan fingerprint density at radius 3 is 2.61 bits per heavy atom. The molecule has 154 valence electrons. The van der Waals surface area contributed by atoms with E-state index in [1.165, 1.54) is 19.3 Å². The standard InChI is InChI=1S/C19H29N7O.HI/c1-14-24-25-18(26(14)2)13-22-19(23-16-6-4-3-5-7-16)21-12-17(27)15-8-10-20-11-9-15;/h8-11,16-17,27H,3-7,12-13H2,1-2H3,(H2,21,22,23);1H. The first-order chi connectivity index (χ1) is 13.1. The minimum atomic E-state index is -0.622. The number of aromatic nitrogens is 4. The summed E-state index contributed by atoms with van der Waals surface area (Å²) >= 11 is 0. The van der Waals surface area contributed by atoms with E-state index < -0.39 is 6.10 Å². The summed E-state index contributed by atoms with van der Waals surface area (Å²) < 4.78 is 1.94. The van der Waals surface area contributed by atoms with Gasteiger partial charge in [0.15, 0.2) is 11.8 Å². The molecule has 1 unspecified atom stereocenters. The van der Waals surface area contributed by atoms with Crippen molar-refractivity contribution < 1.29 is 5.11 Å². The van der Waals surface area contributed by atoms with E-state index in [1.807, 2.05) is 30.7 Å². The first-order valence-electron chi connectivity index (χ1n) is 9.61. The highest BCUT2D eigenvalue weighted by molar-refractivity contribution is 14.0. The molecule has 2 aromatic rings. The van der Waals surface area contributed by atoms with Gasteiger partial charge in [-0.15, -0.1) is 34.2 Å². The zero-order valence-corrected chi connectivity index (χ0v) is 18.8. The molecule has 2 aromatic heterocycles. The molecule has 3 rings (SSSR count). The van der Waals surface area contributed by atoms with Crippen LogP contribution in [0.2, 0.25) is 0 Å². The molecule has 0 aliphatic heterocycles. The second-order valence-electron chi connectivity index (χ2n) is 7.04. The first kappa shape index (κ1) is 22.5. The van der Waals surface area contributed by atoms with Crippen LogP contribution in [0.25, 0.3) is 0 Å². The Labute approximate surface area is 183 Å². The van der Waals surface area contributed by atoms with Crippen LogP contribution in [0.15, 0.2) is 29.5 Å². The number of halogens is 1. The number of guanidine groups is 1. The predicted molar refractivity (Wildman–Crippen MR) is 120 cm³/mol. The average Bonchev–Trinajstić information content (AvgIpc) is 3.03. The number of hydrogen-bond donors (Lipinski definition) is 3. The van der Waals surface area contributed by atoms with Crippen molar-refractivity contribution in [3.63, 3.8) is 0 Å². The van der Waals surface area contributed by atoms with Crippen molar-refractivity contribution in [2.24, 2.45) is 12.0 Å². The second kappa shape index (κ2) is 11.3. The van der Waals surface area contributed by atoms with Gasteiger partial charge in [0.25, 0.3) is 0 Å². The number of nitrogens with one attached hydrogen (secondary N) is 2. The summed E-state index contributed by atoms with van der Waals surface area (Å²) in [6.45, 7) is 2.73. The fraction of sp³-hybridized carbons (Fsp3) is 0.579. The quantitative estimate of drug-likeness (QED) is 0.320. The number of aryl methyl sites for hydroxylation is 1. The summed E-state index contributed by atoms with van der Waals surface area (Å²) in [5, 5.41) is 25.5. The topological polar surface area (TPSA) is 100 Å². The highest BCUT2D eigenvalue weighted by Crippen LogP contribution is 2.17. The molecule has 9 heteroatoms. The summed E-state index contributed by atoms with van der Waals surface area (Å²) in [7, 11) is 1.94. The molecule has 1 atom stereocenters. The molecule has 2 heterocycles. The van der Waals surface area contributed by atoms with Gasteiger partial charge in [-0.2, -0.15) is 0 Å². The molecule has 0 bridgehead atoms. The van der Waals surface area contributed by atoms with Crippen molar-refractivity contribution in [2.75, 3.05) is 6.54 Å². The molecule has 0 spiro atoms. The molecule has 1 saturated carbocycles. The number of hydrogen-bond acceptors (Lipinski definition) is 5. The lowest BCUT2D eigenvalue weighted by Gasteiger charge is -2.25. The van der Waals surface area contributed by atoms with Crippen LogP contribution in [0.1, 0.15) is 55.4 Å². The Kier molecular flexibility index (Phi) is 9.10. The lowest BCUT2D eigenvalue weighted by atomic mass is 9.96. The summed E-state index contributed by atoms with van der Waals surface area (Å²) in [5.41, 5.74) is 0.832. The number of aliphatic hydroxyl groups excluding tert-OH is 1. The van der Waals surface area contributed by atoms with E-state index in [2.05, 4.69) is 30.8 Å². The van der Waals surface area contributed by atoms with Crippen LogP contribution in [0.3, 0.4) is 0 Å². The normalized spacial score (nSPS) is 16.3. The second-order valence-corrected chi connectivity index (χ2v) is 7.04. The Morgan fingerprint density at radius 2 is 1.96 bits per heavy atom. The molecular formula is C19H30IN7O. The third-order valence-corrected chi connectivity index (χ3v) is 5.06. The Balaban J connectivity index is 0.00000280. The van der Waals surface area contributed by atoms with Gasteiger partial charge in [-0.05, 0) is 37.5 Å². The first-order valence-corrected chi connectivity index (χ1v) is 9.61. The molecular weight excluding hydrogens is 469 g/mol. The lowest BCUT2D eigenvalue weighted by molar-refractivity contribution is 0.180. The minimum absolute atomic E-state index is 0. The van der Waals surface area contributed by atoms with Gasteiger partial charge < -0.3 is 20.3 Å². The molecule has 1 aliphatic carbocycles. The SMILES string of the molecule is Cc1nnc(CN=C(NCC(O)c2ccncc2)NC2CCCCC2)n1C.I. The molecule has 0 amide bonds. The van der Waals surface area contributed by atoms with Crippen LogP contribution in [-0.2, 0) is 13.6 Å². The van der Waals surface area contributed by atoms with Crippen LogP contribution in [0.5, 0.6) is 0 Å². The largest absolute Gasteiger partial charge is 0.387 e. The van der Waals surface area contributed by atoms with Crippen LogP contribution in [0, 0.1) is 6.92 Å². The number of pyridine rings is 1. The molecule has 0 saturated heterocycles. The van der Waals surface area contributed by atoms with Gasteiger partial charge in [0, 0.05) is 32.0 Å². The monoisotopic (exact) mass is 499 g/mol. The molecule has 8 nitrogen and oxygen atoms in total. The van der Waals surface area contributed by atoms with Gasteiger partial charge >= 0.3 is 0 Å². The minimum Gasteiger partial charge on any atom is -0.387 e. The number of aliphatic imine (C=N–C) groups is 1. The summed E-state index contributed by atoms with van der Waals surface area (Å²) in [4.78, 5) is 8.67. The molecule has 28 heavy (non-hydrogen) atoms. The number of aliphatic hydroxyl groups is 1. The Hall–Kier alpha value is -1.75. The van der Waals surface area contributed by atoms with E-state index in [4.69, 9.17) is 0 Å². The van der Waals surface area contributed by atoms with E-state index in [0.29, 0.717) is 25.1 Å².